The molecule has 3 heteroatoms. The number of fused-ring (bicyclic) bond motifs is 6. The molecule has 1 aromatic heterocycles. The van der Waals surface area contributed by atoms with Gasteiger partial charge in [-0.3, -0.25) is 4.79 Å². The summed E-state index contributed by atoms with van der Waals surface area (Å²) in [4.78, 5) is 11.7. The largest absolute Gasteiger partial charge is 0.458 e. The number of aliphatic hydroxyl groups is 1. The van der Waals surface area contributed by atoms with Crippen molar-refractivity contribution in [2.24, 2.45) is 35.0 Å². The third-order valence-electron chi connectivity index (χ3n) is 8.62. The summed E-state index contributed by atoms with van der Waals surface area (Å²) in [6.45, 7) is 3.95. The number of ketones is 1. The molecule has 0 spiro atoms. The molecule has 1 heterocycles. The summed E-state index contributed by atoms with van der Waals surface area (Å²) in [5.41, 5.74) is 1.47. The van der Waals surface area contributed by atoms with Gasteiger partial charge in [-0.05, 0) is 91.6 Å². The van der Waals surface area contributed by atoms with Gasteiger partial charge in [-0.1, -0.05) is 6.92 Å². The van der Waals surface area contributed by atoms with E-state index in [1.165, 1.54) is 37.7 Å². The van der Waals surface area contributed by atoms with E-state index in [0.29, 0.717) is 5.76 Å². The Bertz CT molecular complexity index is 704. The first-order valence-electron chi connectivity index (χ1n) is 10.3. The quantitative estimate of drug-likeness (QED) is 0.769. The molecule has 4 aliphatic rings. The predicted octanol–water partition coefficient (Wildman–Crippen LogP) is 4.41. The van der Waals surface area contributed by atoms with Gasteiger partial charge in [-0.2, -0.15) is 0 Å². The third kappa shape index (κ3) is 2.24. The Hall–Kier alpha value is -1.09. The van der Waals surface area contributed by atoms with Crippen LogP contribution in [0.2, 0.25) is 0 Å². The van der Waals surface area contributed by atoms with Crippen molar-refractivity contribution in [3.63, 3.8) is 0 Å². The Balaban J connectivity index is 1.43. The molecule has 0 unspecified atom stereocenters. The fourth-order valence-corrected chi connectivity index (χ4v) is 7.26. The summed E-state index contributed by atoms with van der Waals surface area (Å²) in [7, 11) is 0. The standard InChI is InChI=1S/C22H30O3/c1-12(23)19-11-14-9-17-13(10-20(14)25-19)3-4-16-15(17)7-8-22(2)18(16)5-6-21(22)24/h11,13,15-18,21,24H,3-10H2,1-2H3/t13-,15-,16+,17-,18-,21-,22-/m0/s1. The van der Waals surface area contributed by atoms with Crippen LogP contribution in [0.4, 0.5) is 0 Å². The molecular weight excluding hydrogens is 312 g/mol. The SMILES string of the molecule is CC(=O)c1cc2c(o1)C[C@@H]1CC[C@@H]3[C@H](CC[C@]4(C)[C@@H](O)CC[C@@H]34)[C@H]1C2. The second-order valence-electron chi connectivity index (χ2n) is 9.60. The Morgan fingerprint density at radius 1 is 1.12 bits per heavy atom. The topological polar surface area (TPSA) is 50.4 Å². The average Bonchev–Trinajstić information content (AvgIpc) is 3.14. The molecule has 3 nitrogen and oxygen atoms in total. The molecule has 3 fully saturated rings. The molecule has 25 heavy (non-hydrogen) atoms. The van der Waals surface area contributed by atoms with Gasteiger partial charge >= 0.3 is 0 Å². The van der Waals surface area contributed by atoms with Crippen LogP contribution < -0.4 is 0 Å². The van der Waals surface area contributed by atoms with Gasteiger partial charge in [-0.25, -0.2) is 0 Å². The first kappa shape index (κ1) is 16.1. The van der Waals surface area contributed by atoms with E-state index >= 15 is 0 Å². The van der Waals surface area contributed by atoms with Crippen LogP contribution >= 0.6 is 0 Å². The Morgan fingerprint density at radius 3 is 2.76 bits per heavy atom. The number of rotatable bonds is 1. The molecule has 0 bridgehead atoms. The van der Waals surface area contributed by atoms with Crippen LogP contribution in [-0.4, -0.2) is 17.0 Å². The van der Waals surface area contributed by atoms with Crippen LogP contribution in [0, 0.1) is 35.0 Å². The van der Waals surface area contributed by atoms with Crippen LogP contribution in [0.15, 0.2) is 10.5 Å². The molecule has 0 saturated heterocycles. The minimum atomic E-state index is -0.0823. The minimum absolute atomic E-state index is 0.0450. The van der Waals surface area contributed by atoms with Gasteiger partial charge in [0.05, 0.1) is 6.10 Å². The van der Waals surface area contributed by atoms with Crippen LogP contribution in [-0.2, 0) is 12.8 Å². The number of hydrogen-bond acceptors (Lipinski definition) is 3. The maximum atomic E-state index is 11.7. The molecule has 1 aromatic rings. The lowest BCUT2D eigenvalue weighted by Crippen LogP contribution is -2.49. The third-order valence-corrected chi connectivity index (χ3v) is 8.62. The maximum absolute atomic E-state index is 11.7. The molecule has 4 aliphatic carbocycles. The van der Waals surface area contributed by atoms with Gasteiger partial charge in [0.1, 0.15) is 5.76 Å². The highest BCUT2D eigenvalue weighted by atomic mass is 16.3. The molecule has 0 radical (unpaired) electrons. The maximum Gasteiger partial charge on any atom is 0.194 e. The van der Waals surface area contributed by atoms with E-state index in [-0.39, 0.29) is 17.3 Å². The predicted molar refractivity (Wildman–Crippen MR) is 95.4 cm³/mol. The van der Waals surface area contributed by atoms with Gasteiger partial charge < -0.3 is 9.52 Å². The van der Waals surface area contributed by atoms with E-state index in [4.69, 9.17) is 4.42 Å². The first-order chi connectivity index (χ1) is 12.0. The van der Waals surface area contributed by atoms with Crippen molar-refractivity contribution in [3.8, 4) is 0 Å². The smallest absolute Gasteiger partial charge is 0.194 e. The Morgan fingerprint density at radius 2 is 1.96 bits per heavy atom. The molecule has 0 aliphatic heterocycles. The highest BCUT2D eigenvalue weighted by molar-refractivity contribution is 5.91. The number of Topliss-reactive ketones (excluding diaryl/α,β-unsaturated/α-hetero) is 1. The Kier molecular flexibility index (Phi) is 3.51. The second-order valence-corrected chi connectivity index (χ2v) is 9.60. The van der Waals surface area contributed by atoms with E-state index in [9.17, 15) is 9.90 Å². The second kappa shape index (κ2) is 5.45. The van der Waals surface area contributed by atoms with Crippen LogP contribution in [0.5, 0.6) is 0 Å². The van der Waals surface area contributed by atoms with Crippen molar-refractivity contribution in [2.45, 2.75) is 71.3 Å². The summed E-state index contributed by atoms with van der Waals surface area (Å²) in [5.74, 6) is 5.51. The first-order valence-corrected chi connectivity index (χ1v) is 10.3. The van der Waals surface area contributed by atoms with Gasteiger partial charge in [0.2, 0.25) is 0 Å². The highest BCUT2D eigenvalue weighted by Gasteiger charge is 2.56. The fourth-order valence-electron chi connectivity index (χ4n) is 7.26. The Labute approximate surface area is 150 Å². The van der Waals surface area contributed by atoms with Crippen molar-refractivity contribution in [1.29, 1.82) is 0 Å². The van der Waals surface area contributed by atoms with Crippen molar-refractivity contribution in [3.05, 3.63) is 23.2 Å². The lowest BCUT2D eigenvalue weighted by Gasteiger charge is -2.55. The number of aliphatic hydroxyl groups excluding tert-OH is 1. The van der Waals surface area contributed by atoms with E-state index in [2.05, 4.69) is 6.92 Å². The van der Waals surface area contributed by atoms with Gasteiger partial charge in [0.15, 0.2) is 11.5 Å². The lowest BCUT2D eigenvalue weighted by atomic mass is 9.50. The van der Waals surface area contributed by atoms with Crippen LogP contribution in [0.1, 0.15) is 74.3 Å². The van der Waals surface area contributed by atoms with Crippen molar-refractivity contribution < 1.29 is 14.3 Å². The molecule has 7 atom stereocenters. The summed E-state index contributed by atoms with van der Waals surface area (Å²) < 4.78 is 5.87. The summed E-state index contributed by atoms with van der Waals surface area (Å²) in [6, 6.07) is 2.02. The van der Waals surface area contributed by atoms with E-state index in [0.717, 1.165) is 54.6 Å². The number of hydrogen-bond donors (Lipinski definition) is 1. The van der Waals surface area contributed by atoms with Crippen molar-refractivity contribution >= 4 is 5.78 Å². The van der Waals surface area contributed by atoms with Gasteiger partial charge in [0.25, 0.3) is 0 Å². The van der Waals surface area contributed by atoms with E-state index < -0.39 is 0 Å². The minimum Gasteiger partial charge on any atom is -0.458 e. The zero-order chi connectivity index (χ0) is 17.3. The van der Waals surface area contributed by atoms with Crippen molar-refractivity contribution in [1.82, 2.24) is 0 Å². The fraction of sp³-hybridized carbons (Fsp3) is 0.773. The van der Waals surface area contributed by atoms with Gasteiger partial charge in [0, 0.05) is 13.3 Å². The van der Waals surface area contributed by atoms with E-state index in [1.807, 2.05) is 6.07 Å². The summed E-state index contributed by atoms with van der Waals surface area (Å²) in [5, 5.41) is 10.5. The van der Waals surface area contributed by atoms with E-state index in [1.54, 1.807) is 6.92 Å². The normalized spacial score (nSPS) is 45.2. The zero-order valence-electron chi connectivity index (χ0n) is 15.5. The lowest BCUT2D eigenvalue weighted by molar-refractivity contribution is -0.0758. The molecule has 136 valence electrons. The number of carbonyl (C=O) groups excluding carboxylic acids is 1. The van der Waals surface area contributed by atoms with Gasteiger partial charge in [-0.15, -0.1) is 0 Å². The number of furan rings is 1. The molecule has 5 rings (SSSR count). The molecule has 0 amide bonds. The molecule has 3 saturated carbocycles. The number of carbonyl (C=O) groups is 1. The molecule has 0 aromatic carbocycles. The summed E-state index contributed by atoms with van der Waals surface area (Å²) >= 11 is 0. The monoisotopic (exact) mass is 342 g/mol. The average molecular weight is 342 g/mol. The molecular formula is C22H30O3. The zero-order valence-corrected chi connectivity index (χ0v) is 15.5. The van der Waals surface area contributed by atoms with Crippen molar-refractivity contribution in [2.75, 3.05) is 0 Å². The van der Waals surface area contributed by atoms with Crippen LogP contribution in [0.3, 0.4) is 0 Å². The van der Waals surface area contributed by atoms with Crippen LogP contribution in [0.25, 0.3) is 0 Å². The molecule has 1 N–H and O–H groups in total. The highest BCUT2D eigenvalue weighted by Crippen LogP contribution is 2.62. The summed E-state index contributed by atoms with van der Waals surface area (Å²) in [6.07, 6.45) is 9.38.